The van der Waals surface area contributed by atoms with E-state index in [1.54, 1.807) is 0 Å². The van der Waals surface area contributed by atoms with Crippen LogP contribution < -0.4 is 4.72 Å². The Balaban J connectivity index is 0.00000172. The van der Waals surface area contributed by atoms with Gasteiger partial charge in [0.1, 0.15) is 11.0 Å². The van der Waals surface area contributed by atoms with Gasteiger partial charge in [-0.05, 0) is 44.7 Å². The summed E-state index contributed by atoms with van der Waals surface area (Å²) in [5.74, 6) is 0. The Morgan fingerprint density at radius 2 is 1.50 bits per heavy atom. The average Bonchev–Trinajstić information content (AvgIpc) is 2.28. The van der Waals surface area contributed by atoms with Gasteiger partial charge in [0.05, 0.1) is 4.90 Å². The van der Waals surface area contributed by atoms with Crippen LogP contribution in [0.25, 0.3) is 0 Å². The molecule has 1 aromatic carbocycles. The van der Waals surface area contributed by atoms with Crippen LogP contribution in [-0.4, -0.2) is 9.75 Å². The number of aryl methyl sites for hydroxylation is 1. The molecule has 1 unspecified atom stereocenters. The van der Waals surface area contributed by atoms with E-state index in [0.29, 0.717) is 0 Å². The lowest BCUT2D eigenvalue weighted by Gasteiger charge is -2.26. The number of rotatable bonds is 2. The van der Waals surface area contributed by atoms with Gasteiger partial charge in [-0.3, -0.25) is 0 Å². The monoisotopic (exact) mass is 297 g/mol. The predicted molar refractivity (Wildman–Crippen MR) is 90.5 cm³/mol. The lowest BCUT2D eigenvalue weighted by atomic mass is 9.86. The molecule has 0 aromatic heterocycles. The lowest BCUT2D eigenvalue weighted by molar-refractivity contribution is 0.516. The van der Waals surface area contributed by atoms with Crippen LogP contribution in [0.1, 0.15) is 66.5 Å². The van der Waals surface area contributed by atoms with E-state index in [0.717, 1.165) is 10.5 Å². The molecule has 0 radical (unpaired) electrons. The summed E-state index contributed by atoms with van der Waals surface area (Å²) in [5, 5.41) is 0. The highest BCUT2D eigenvalue weighted by atomic mass is 32.2. The summed E-state index contributed by atoms with van der Waals surface area (Å²) < 4.78 is 15.6. The van der Waals surface area contributed by atoms with Crippen molar-refractivity contribution in [2.45, 2.75) is 78.2 Å². The fourth-order valence-electron chi connectivity index (χ4n) is 1.72. The Morgan fingerprint density at radius 3 is 1.90 bits per heavy atom. The topological polar surface area (TPSA) is 29.1 Å². The number of benzene rings is 1. The van der Waals surface area contributed by atoms with Gasteiger partial charge in [-0.2, -0.15) is 0 Å². The average molecular weight is 298 g/mol. The molecule has 116 valence electrons. The van der Waals surface area contributed by atoms with Gasteiger partial charge in [0.25, 0.3) is 0 Å². The van der Waals surface area contributed by atoms with Crippen LogP contribution in [0, 0.1) is 6.92 Å². The fourth-order valence-corrected chi connectivity index (χ4v) is 3.15. The van der Waals surface area contributed by atoms with Crippen LogP contribution in [0.3, 0.4) is 0 Å². The third-order valence-electron chi connectivity index (χ3n) is 2.54. The van der Waals surface area contributed by atoms with Crippen LogP contribution >= 0.6 is 0 Å². The molecule has 0 spiro atoms. The number of hydrogen-bond acceptors (Lipinski definition) is 1. The van der Waals surface area contributed by atoms with E-state index < -0.39 is 11.0 Å². The van der Waals surface area contributed by atoms with E-state index in [1.807, 2.05) is 46.8 Å². The molecule has 0 bridgehead atoms. The molecule has 0 amide bonds. The van der Waals surface area contributed by atoms with Crippen LogP contribution in [0.4, 0.5) is 0 Å². The van der Waals surface area contributed by atoms with Crippen LogP contribution in [-0.2, 0) is 16.4 Å². The summed E-state index contributed by atoms with van der Waals surface area (Å²) >= 11 is 0. The van der Waals surface area contributed by atoms with Gasteiger partial charge in [-0.25, -0.2) is 8.93 Å². The first-order valence-electron chi connectivity index (χ1n) is 7.31. The van der Waals surface area contributed by atoms with Crippen LogP contribution in [0.5, 0.6) is 0 Å². The first-order valence-corrected chi connectivity index (χ1v) is 8.46. The smallest absolute Gasteiger partial charge is 0.125 e. The van der Waals surface area contributed by atoms with Crippen LogP contribution in [0.2, 0.25) is 0 Å². The second-order valence-electron chi connectivity index (χ2n) is 6.87. The minimum absolute atomic E-state index is 0.00340. The van der Waals surface area contributed by atoms with Gasteiger partial charge >= 0.3 is 0 Å². The third-order valence-corrected chi connectivity index (χ3v) is 4.09. The summed E-state index contributed by atoms with van der Waals surface area (Å²) in [6.07, 6.45) is 0. The molecular weight excluding hydrogens is 266 g/mol. The lowest BCUT2D eigenvalue weighted by Crippen LogP contribution is -2.37. The van der Waals surface area contributed by atoms with Gasteiger partial charge in [0, 0.05) is 5.54 Å². The van der Waals surface area contributed by atoms with E-state index in [1.165, 1.54) is 5.56 Å². The van der Waals surface area contributed by atoms with Crippen molar-refractivity contribution in [1.82, 2.24) is 4.72 Å². The first kappa shape index (κ1) is 19.3. The summed E-state index contributed by atoms with van der Waals surface area (Å²) in [7, 11) is -1.17. The standard InChI is InChI=1S/C15H25NOS.C2H6/c1-11-8-9-13(12(10-11)14(2,3)4)18(17)16-15(5,6)7;1-2/h8-10,16H,1-7H3;1-2H3. The Bertz CT molecular complexity index is 453. The summed E-state index contributed by atoms with van der Waals surface area (Å²) in [6.45, 7) is 18.6. The molecule has 0 aliphatic carbocycles. The molecule has 1 rings (SSSR count). The van der Waals surface area contributed by atoms with Gasteiger partial charge in [-0.15, -0.1) is 0 Å². The van der Waals surface area contributed by atoms with Crippen LogP contribution in [0.15, 0.2) is 23.1 Å². The quantitative estimate of drug-likeness (QED) is 0.840. The van der Waals surface area contributed by atoms with E-state index in [-0.39, 0.29) is 11.0 Å². The van der Waals surface area contributed by atoms with Crippen molar-refractivity contribution >= 4 is 11.0 Å². The van der Waals surface area contributed by atoms with E-state index >= 15 is 0 Å². The third kappa shape index (κ3) is 6.19. The summed E-state index contributed by atoms with van der Waals surface area (Å²) in [5.41, 5.74) is 2.19. The Hall–Kier alpha value is -0.670. The maximum absolute atomic E-state index is 12.4. The highest BCUT2D eigenvalue weighted by Crippen LogP contribution is 2.29. The first-order chi connectivity index (χ1) is 9.00. The largest absolute Gasteiger partial charge is 0.237 e. The molecule has 1 aromatic rings. The number of hydrogen-bond donors (Lipinski definition) is 1. The van der Waals surface area contributed by atoms with Crippen molar-refractivity contribution in [1.29, 1.82) is 0 Å². The fraction of sp³-hybridized carbons (Fsp3) is 0.647. The van der Waals surface area contributed by atoms with Crippen molar-refractivity contribution in [2.24, 2.45) is 0 Å². The van der Waals surface area contributed by atoms with Crippen molar-refractivity contribution < 1.29 is 4.21 Å². The minimum atomic E-state index is -1.17. The maximum Gasteiger partial charge on any atom is 0.125 e. The summed E-state index contributed by atoms with van der Waals surface area (Å²) in [4.78, 5) is 0.892. The zero-order chi connectivity index (χ0) is 16.1. The summed E-state index contributed by atoms with van der Waals surface area (Å²) in [6, 6.07) is 6.13. The molecule has 1 atom stereocenters. The van der Waals surface area contributed by atoms with E-state index in [4.69, 9.17) is 0 Å². The molecule has 2 nitrogen and oxygen atoms in total. The molecule has 3 heteroatoms. The molecule has 0 saturated carbocycles. The predicted octanol–water partition coefficient (Wildman–Crippen LogP) is 4.73. The molecule has 20 heavy (non-hydrogen) atoms. The van der Waals surface area contributed by atoms with E-state index in [9.17, 15) is 4.21 Å². The Kier molecular flexibility index (Phi) is 7.12. The molecule has 0 aliphatic rings. The molecule has 0 fully saturated rings. The van der Waals surface area contributed by atoms with Gasteiger partial charge in [0.15, 0.2) is 0 Å². The molecule has 0 saturated heterocycles. The molecule has 1 N–H and O–H groups in total. The maximum atomic E-state index is 12.4. The normalized spacial score (nSPS) is 13.4. The van der Waals surface area contributed by atoms with Crippen molar-refractivity contribution in [3.05, 3.63) is 29.3 Å². The zero-order valence-corrected chi connectivity index (χ0v) is 15.4. The zero-order valence-electron chi connectivity index (χ0n) is 14.5. The minimum Gasteiger partial charge on any atom is -0.237 e. The highest BCUT2D eigenvalue weighted by molar-refractivity contribution is 7.83. The second-order valence-corrected chi connectivity index (χ2v) is 8.05. The van der Waals surface area contributed by atoms with Gasteiger partial charge < -0.3 is 0 Å². The van der Waals surface area contributed by atoms with Crippen molar-refractivity contribution in [2.75, 3.05) is 0 Å². The van der Waals surface area contributed by atoms with Gasteiger partial charge in [0.2, 0.25) is 0 Å². The van der Waals surface area contributed by atoms with Gasteiger partial charge in [-0.1, -0.05) is 52.3 Å². The molecule has 0 aliphatic heterocycles. The SMILES string of the molecule is CC.Cc1ccc(S(=O)NC(C)(C)C)c(C(C)(C)C)c1. The van der Waals surface area contributed by atoms with E-state index in [2.05, 4.69) is 38.5 Å². The Labute approximate surface area is 128 Å². The van der Waals surface area contributed by atoms with Crippen molar-refractivity contribution in [3.63, 3.8) is 0 Å². The molecular formula is C17H31NOS. The van der Waals surface area contributed by atoms with Crippen molar-refractivity contribution in [3.8, 4) is 0 Å². The Morgan fingerprint density at radius 1 is 1.00 bits per heavy atom. The number of nitrogens with one attached hydrogen (secondary N) is 1. The highest BCUT2D eigenvalue weighted by Gasteiger charge is 2.23. The second kappa shape index (κ2) is 7.37. The molecule has 0 heterocycles.